The lowest BCUT2D eigenvalue weighted by molar-refractivity contribution is -0.144. The van der Waals surface area contributed by atoms with Crippen molar-refractivity contribution in [1.82, 2.24) is 0 Å². The Hall–Kier alpha value is -5.04. The molecule has 0 amide bonds. The molecule has 1 fully saturated rings. The second kappa shape index (κ2) is 31.8. The first-order valence-corrected chi connectivity index (χ1v) is 22.3. The van der Waals surface area contributed by atoms with Crippen molar-refractivity contribution in [3.8, 4) is 23.3 Å². The summed E-state index contributed by atoms with van der Waals surface area (Å²) in [6.45, 7) is 9.03. The van der Waals surface area contributed by atoms with E-state index < -0.39 is 5.97 Å². The Morgan fingerprint density at radius 1 is 0.500 bits per heavy atom. The van der Waals surface area contributed by atoms with Crippen LogP contribution in [0.5, 0.6) is 11.5 Å². The van der Waals surface area contributed by atoms with Gasteiger partial charge in [-0.25, -0.2) is 19.2 Å². The molecule has 2 aromatic rings. The predicted octanol–water partition coefficient (Wildman–Crippen LogP) is 11.0. The van der Waals surface area contributed by atoms with Crippen LogP contribution in [0.1, 0.15) is 157 Å². The highest BCUT2D eigenvalue weighted by Crippen LogP contribution is 2.25. The van der Waals surface area contributed by atoms with E-state index in [0.29, 0.717) is 63.2 Å². The lowest BCUT2D eigenvalue weighted by Crippen LogP contribution is -2.29. The zero-order valence-corrected chi connectivity index (χ0v) is 35.8. The minimum Gasteiger partial charge on any atom is -0.494 e. The first-order valence-electron chi connectivity index (χ1n) is 22.3. The third kappa shape index (κ3) is 23.5. The van der Waals surface area contributed by atoms with Crippen LogP contribution < -0.4 is 9.47 Å². The maximum absolute atomic E-state index is 12.8. The molecule has 10 nitrogen and oxygen atoms in total. The maximum atomic E-state index is 12.8. The van der Waals surface area contributed by atoms with Crippen LogP contribution in [-0.4, -0.2) is 62.5 Å². The van der Waals surface area contributed by atoms with Crippen LogP contribution >= 0.6 is 0 Å². The predicted molar refractivity (Wildman–Crippen MR) is 234 cm³/mol. The van der Waals surface area contributed by atoms with Crippen molar-refractivity contribution in [3.05, 3.63) is 85.0 Å². The largest absolute Gasteiger partial charge is 0.494 e. The Bertz CT molecular complexity index is 1600. The molecule has 0 spiro atoms. The van der Waals surface area contributed by atoms with Gasteiger partial charge in [0.2, 0.25) is 0 Å². The average Bonchev–Trinajstić information content (AvgIpc) is 3.27. The zero-order valence-electron chi connectivity index (χ0n) is 35.8. The third-order valence-electron chi connectivity index (χ3n) is 10.4. The molecule has 0 heterocycles. The second-order valence-electron chi connectivity index (χ2n) is 15.3. The van der Waals surface area contributed by atoms with Crippen molar-refractivity contribution in [2.75, 3.05) is 26.4 Å². The molecule has 0 unspecified atom stereocenters. The van der Waals surface area contributed by atoms with E-state index in [9.17, 15) is 19.2 Å². The highest BCUT2D eigenvalue weighted by atomic mass is 16.6. The second-order valence-corrected chi connectivity index (χ2v) is 15.3. The van der Waals surface area contributed by atoms with E-state index in [0.717, 1.165) is 69.3 Å². The normalized spacial score (nSPS) is 14.5. The number of hydrogen-bond acceptors (Lipinski definition) is 10. The molecule has 0 N–H and O–H groups in total. The lowest BCUT2D eigenvalue weighted by Gasteiger charge is -2.27. The van der Waals surface area contributed by atoms with Gasteiger partial charge in [0.15, 0.2) is 0 Å². The monoisotopic (exact) mass is 828 g/mol. The van der Waals surface area contributed by atoms with E-state index in [4.69, 9.17) is 28.4 Å². The lowest BCUT2D eigenvalue weighted by atomic mass is 9.95. The van der Waals surface area contributed by atoms with Crippen LogP contribution in [0, 0.1) is 11.8 Å². The van der Waals surface area contributed by atoms with Gasteiger partial charge >= 0.3 is 23.9 Å². The van der Waals surface area contributed by atoms with Crippen molar-refractivity contribution in [3.63, 3.8) is 0 Å². The van der Waals surface area contributed by atoms with Crippen LogP contribution in [-0.2, 0) is 33.3 Å². The van der Waals surface area contributed by atoms with Crippen molar-refractivity contribution in [1.29, 1.82) is 0 Å². The van der Waals surface area contributed by atoms with Gasteiger partial charge in [0.25, 0.3) is 0 Å². The Morgan fingerprint density at radius 2 is 0.867 bits per heavy atom. The quantitative estimate of drug-likeness (QED) is 0.0238. The van der Waals surface area contributed by atoms with Gasteiger partial charge in [-0.15, -0.1) is 0 Å². The van der Waals surface area contributed by atoms with Crippen LogP contribution in [0.15, 0.2) is 73.8 Å². The zero-order chi connectivity index (χ0) is 42.9. The van der Waals surface area contributed by atoms with Crippen LogP contribution in [0.3, 0.4) is 0 Å². The van der Waals surface area contributed by atoms with Gasteiger partial charge in [0.1, 0.15) is 23.7 Å². The number of benzene rings is 2. The van der Waals surface area contributed by atoms with Crippen LogP contribution in [0.2, 0.25) is 0 Å². The van der Waals surface area contributed by atoms with E-state index in [-0.39, 0.29) is 30.1 Å². The fraction of sp³-hybridized carbons (Fsp3) is 0.560. The van der Waals surface area contributed by atoms with Crippen molar-refractivity contribution >= 4 is 23.9 Å². The molecule has 10 heteroatoms. The van der Waals surface area contributed by atoms with Gasteiger partial charge in [-0.2, -0.15) is 0 Å². The summed E-state index contributed by atoms with van der Waals surface area (Å²) in [7, 11) is 0. The number of hydrogen-bond donors (Lipinski definition) is 0. The minimum absolute atomic E-state index is 0.223. The molecular formula is C50H68O10. The number of esters is 4. The summed E-state index contributed by atoms with van der Waals surface area (Å²) in [5.74, 6) is 5.36. The maximum Gasteiger partial charge on any atom is 0.384 e. The Kier molecular flexibility index (Phi) is 26.2. The molecule has 1 saturated carbocycles. The third-order valence-corrected chi connectivity index (χ3v) is 10.4. The van der Waals surface area contributed by atoms with E-state index in [1.54, 1.807) is 24.3 Å². The molecular weight excluding hydrogens is 761 g/mol. The summed E-state index contributed by atoms with van der Waals surface area (Å²) in [5, 5.41) is 0. The fourth-order valence-electron chi connectivity index (χ4n) is 6.84. The smallest absolute Gasteiger partial charge is 0.384 e. The van der Waals surface area contributed by atoms with E-state index >= 15 is 0 Å². The molecule has 3 rings (SSSR count). The number of unbranched alkanes of at least 4 members (excludes halogenated alkanes) is 16. The van der Waals surface area contributed by atoms with Gasteiger partial charge in [-0.3, -0.25) is 0 Å². The van der Waals surface area contributed by atoms with E-state index in [1.165, 1.54) is 69.9 Å². The minimum atomic E-state index is -0.560. The highest BCUT2D eigenvalue weighted by Gasteiger charge is 2.26. The van der Waals surface area contributed by atoms with Gasteiger partial charge in [-0.05, 0) is 99.9 Å². The van der Waals surface area contributed by atoms with Crippen LogP contribution in [0.4, 0.5) is 0 Å². The SMILES string of the molecule is C=CC(=O)OCCCCCCCCCCCOc1ccc(C#CC(=O)OC2CCC(OC(=O)c3ccc(OCCCCCCCCCCCOC(=O)C=C)cc3)CC2)cc1. The summed E-state index contributed by atoms with van der Waals surface area (Å²) < 4.78 is 33.1. The first-order chi connectivity index (χ1) is 29.4. The van der Waals surface area contributed by atoms with Gasteiger partial charge in [-0.1, -0.05) is 109 Å². The molecule has 0 saturated heterocycles. The summed E-state index contributed by atoms with van der Waals surface area (Å²) in [4.78, 5) is 47.3. The van der Waals surface area contributed by atoms with E-state index in [2.05, 4.69) is 25.0 Å². The highest BCUT2D eigenvalue weighted by molar-refractivity contribution is 5.90. The molecule has 0 radical (unpaired) electrons. The molecule has 328 valence electrons. The summed E-state index contributed by atoms with van der Waals surface area (Å²) in [6.07, 6.45) is 24.6. The van der Waals surface area contributed by atoms with Crippen molar-refractivity contribution < 1.29 is 47.6 Å². The number of carbonyl (C=O) groups excluding carboxylic acids is 4. The number of ether oxygens (including phenoxy) is 6. The summed E-state index contributed by atoms with van der Waals surface area (Å²) in [5.41, 5.74) is 1.19. The average molecular weight is 829 g/mol. The molecule has 2 aromatic carbocycles. The fourth-order valence-corrected chi connectivity index (χ4v) is 6.84. The van der Waals surface area contributed by atoms with Crippen LogP contribution in [0.25, 0.3) is 0 Å². The standard InChI is InChI=1S/C50H68O10/c1-3-47(51)57-39-21-17-13-9-5-7-11-15-19-37-55-43-28-23-41(24-29-43)25-36-49(53)59-45-32-34-46(35-33-45)60-50(54)42-26-30-44(31-27-42)56-38-20-16-12-8-6-10-14-18-22-40-58-48(52)4-2/h3-4,23-24,26-31,45-46H,1-2,5-22,32-35,37-40H2. The summed E-state index contributed by atoms with van der Waals surface area (Å²) >= 11 is 0. The molecule has 0 atom stereocenters. The molecule has 0 bridgehead atoms. The van der Waals surface area contributed by atoms with Crippen molar-refractivity contribution in [2.45, 2.75) is 153 Å². The Balaban J connectivity index is 1.16. The molecule has 1 aliphatic rings. The topological polar surface area (TPSA) is 124 Å². The Labute approximate surface area is 358 Å². The van der Waals surface area contributed by atoms with Gasteiger partial charge < -0.3 is 28.4 Å². The number of rotatable bonds is 31. The number of carbonyl (C=O) groups is 4. The van der Waals surface area contributed by atoms with Crippen molar-refractivity contribution in [2.24, 2.45) is 0 Å². The summed E-state index contributed by atoms with van der Waals surface area (Å²) in [6, 6.07) is 14.5. The molecule has 0 aromatic heterocycles. The van der Waals surface area contributed by atoms with Gasteiger partial charge in [0, 0.05) is 23.6 Å². The molecule has 60 heavy (non-hydrogen) atoms. The molecule has 0 aliphatic heterocycles. The molecule has 1 aliphatic carbocycles. The first kappa shape index (κ1) is 49.3. The van der Waals surface area contributed by atoms with Gasteiger partial charge in [0.05, 0.1) is 32.0 Å². The van der Waals surface area contributed by atoms with E-state index in [1.807, 2.05) is 24.3 Å². The Morgan fingerprint density at radius 3 is 1.28 bits per heavy atom.